The van der Waals surface area contributed by atoms with Crippen LogP contribution in [0.4, 0.5) is 0 Å². The van der Waals surface area contributed by atoms with Gasteiger partial charge in [0.1, 0.15) is 0 Å². The van der Waals surface area contributed by atoms with Gasteiger partial charge in [-0.05, 0) is 40.6 Å². The van der Waals surface area contributed by atoms with E-state index in [9.17, 15) is 0 Å². The summed E-state index contributed by atoms with van der Waals surface area (Å²) in [6.07, 6.45) is 11.3. The molecule has 25 heavy (non-hydrogen) atoms. The van der Waals surface area contributed by atoms with E-state index in [4.69, 9.17) is 26.4 Å². The Hall–Kier alpha value is 0.580. The third-order valence-electron chi connectivity index (χ3n) is 3.92. The number of hydrogen-bond donors (Lipinski definition) is 0. The van der Waals surface area contributed by atoms with Gasteiger partial charge in [-0.25, -0.2) is 0 Å². The second-order valence-corrected chi connectivity index (χ2v) is 15.5. The van der Waals surface area contributed by atoms with Crippen LogP contribution in [0.25, 0.3) is 10.4 Å². The summed E-state index contributed by atoms with van der Waals surface area (Å²) in [4.78, 5) is 2.76. The molecule has 0 aromatic heterocycles. The number of nitrogens with zero attached hydrogens (tertiary/aromatic N) is 3. The molecule has 0 aliphatic carbocycles. The number of rotatable bonds is 14. The molecule has 0 aromatic rings. The van der Waals surface area contributed by atoms with Crippen molar-refractivity contribution in [2.45, 2.75) is 71.6 Å². The molecule has 0 bridgehead atoms. The normalized spacial score (nSPS) is 18.6. The summed E-state index contributed by atoms with van der Waals surface area (Å²) in [5.74, 6) is 1.12. The smallest absolute Gasteiger partial charge is 0.257 e. The van der Waals surface area contributed by atoms with Crippen molar-refractivity contribution < 1.29 is 9.05 Å². The SMILES string of the molecule is CC1(C)COP(=S)(SSCCCCCCCCCCCN=[N+]=[N-])OC1. The molecule has 1 aliphatic heterocycles. The van der Waals surface area contributed by atoms with E-state index in [0.29, 0.717) is 19.8 Å². The molecule has 0 amide bonds. The van der Waals surface area contributed by atoms with E-state index in [1.54, 1.807) is 10.4 Å². The molecule has 0 saturated carbocycles. The first kappa shape index (κ1) is 23.6. The maximum atomic E-state index is 8.18. The van der Waals surface area contributed by atoms with E-state index in [-0.39, 0.29) is 5.41 Å². The van der Waals surface area contributed by atoms with Crippen LogP contribution in [0.5, 0.6) is 0 Å². The minimum atomic E-state index is -2.09. The molecular formula is C16H32N3O2PS3. The molecule has 1 saturated heterocycles. The molecule has 146 valence electrons. The van der Waals surface area contributed by atoms with Crippen LogP contribution in [0.1, 0.15) is 71.6 Å². The van der Waals surface area contributed by atoms with Crippen molar-refractivity contribution in [3.63, 3.8) is 0 Å². The van der Waals surface area contributed by atoms with Crippen molar-refractivity contribution in [3.8, 4) is 0 Å². The molecule has 1 heterocycles. The zero-order valence-electron chi connectivity index (χ0n) is 15.5. The topological polar surface area (TPSA) is 67.2 Å². The lowest BCUT2D eigenvalue weighted by atomic mass is 9.97. The van der Waals surface area contributed by atoms with Gasteiger partial charge in [-0.15, -0.1) is 0 Å². The van der Waals surface area contributed by atoms with Crippen LogP contribution in [0.3, 0.4) is 0 Å². The Balaban J connectivity index is 1.85. The van der Waals surface area contributed by atoms with Gasteiger partial charge in [0.2, 0.25) is 0 Å². The van der Waals surface area contributed by atoms with E-state index >= 15 is 0 Å². The lowest BCUT2D eigenvalue weighted by Gasteiger charge is -2.35. The fourth-order valence-electron chi connectivity index (χ4n) is 2.36. The van der Waals surface area contributed by atoms with Crippen molar-refractivity contribution in [1.82, 2.24) is 0 Å². The van der Waals surface area contributed by atoms with Crippen LogP contribution in [-0.2, 0) is 20.9 Å². The Bertz CT molecular complexity index is 446. The zero-order valence-corrected chi connectivity index (χ0v) is 18.9. The van der Waals surface area contributed by atoms with Crippen LogP contribution in [-0.4, -0.2) is 25.5 Å². The second kappa shape index (κ2) is 13.7. The quantitative estimate of drug-likeness (QED) is 0.0720. The molecule has 5 nitrogen and oxygen atoms in total. The summed E-state index contributed by atoms with van der Waals surface area (Å²) < 4.78 is 11.6. The molecule has 0 atom stereocenters. The maximum Gasteiger partial charge on any atom is 0.257 e. The summed E-state index contributed by atoms with van der Waals surface area (Å²) >= 11 is 5.53. The monoisotopic (exact) mass is 425 g/mol. The van der Waals surface area contributed by atoms with Crippen molar-refractivity contribution in [3.05, 3.63) is 10.4 Å². The molecular weight excluding hydrogens is 393 g/mol. The van der Waals surface area contributed by atoms with Crippen LogP contribution in [0.2, 0.25) is 0 Å². The minimum Gasteiger partial charge on any atom is -0.320 e. The third kappa shape index (κ3) is 12.6. The van der Waals surface area contributed by atoms with Crippen LogP contribution >= 0.6 is 26.9 Å². The van der Waals surface area contributed by atoms with Gasteiger partial charge >= 0.3 is 0 Å². The van der Waals surface area contributed by atoms with Gasteiger partial charge in [0.25, 0.3) is 5.69 Å². The predicted octanol–water partition coefficient (Wildman–Crippen LogP) is 7.49. The molecule has 1 rings (SSSR count). The molecule has 0 aromatic carbocycles. The highest BCUT2D eigenvalue weighted by atomic mass is 33.4. The number of azide groups is 1. The fourth-order valence-corrected chi connectivity index (χ4v) is 9.68. The van der Waals surface area contributed by atoms with Gasteiger partial charge in [-0.3, -0.25) is 0 Å². The third-order valence-corrected chi connectivity index (χ3v) is 12.4. The maximum absolute atomic E-state index is 8.18. The van der Waals surface area contributed by atoms with Crippen molar-refractivity contribution in [2.75, 3.05) is 25.5 Å². The van der Waals surface area contributed by atoms with Crippen molar-refractivity contribution in [2.24, 2.45) is 10.5 Å². The summed E-state index contributed by atoms with van der Waals surface area (Å²) in [6.45, 7) is 6.36. The van der Waals surface area contributed by atoms with Crippen LogP contribution in [0.15, 0.2) is 5.11 Å². The van der Waals surface area contributed by atoms with E-state index < -0.39 is 5.69 Å². The van der Waals surface area contributed by atoms with Crippen LogP contribution < -0.4 is 0 Å². The highest BCUT2D eigenvalue weighted by molar-refractivity contribution is 9.03. The van der Waals surface area contributed by atoms with Crippen molar-refractivity contribution >= 4 is 38.7 Å². The molecule has 9 heteroatoms. The Morgan fingerprint density at radius 2 is 1.52 bits per heavy atom. The first-order valence-electron chi connectivity index (χ1n) is 9.19. The Morgan fingerprint density at radius 3 is 2.08 bits per heavy atom. The van der Waals surface area contributed by atoms with Crippen molar-refractivity contribution in [1.29, 1.82) is 0 Å². The van der Waals surface area contributed by atoms with E-state index in [2.05, 4.69) is 23.9 Å². The van der Waals surface area contributed by atoms with Gasteiger partial charge < -0.3 is 9.05 Å². The fraction of sp³-hybridized carbons (Fsp3) is 1.00. The summed E-state index contributed by atoms with van der Waals surface area (Å²) in [5, 5.41) is 3.55. The van der Waals surface area contributed by atoms with Gasteiger partial charge in [0, 0.05) is 22.6 Å². The Kier molecular flexibility index (Phi) is 12.9. The Morgan fingerprint density at radius 1 is 1.00 bits per heavy atom. The number of hydrogen-bond acceptors (Lipinski definition) is 6. The van der Waals surface area contributed by atoms with Gasteiger partial charge in [0.15, 0.2) is 0 Å². The van der Waals surface area contributed by atoms with Gasteiger partial charge in [-0.1, -0.05) is 74.7 Å². The largest absolute Gasteiger partial charge is 0.320 e. The molecule has 1 aliphatic rings. The summed E-state index contributed by atoms with van der Waals surface area (Å²) in [5.41, 5.74) is 6.18. The van der Waals surface area contributed by atoms with Gasteiger partial charge in [0.05, 0.1) is 13.2 Å². The number of unbranched alkanes of at least 4 members (excludes halogenated alkanes) is 8. The first-order chi connectivity index (χ1) is 12.0. The van der Waals surface area contributed by atoms with E-state index in [0.717, 1.165) is 12.2 Å². The molecule has 1 fully saturated rings. The average Bonchev–Trinajstić information content (AvgIpc) is 2.58. The predicted molar refractivity (Wildman–Crippen MR) is 116 cm³/mol. The lowest BCUT2D eigenvalue weighted by Crippen LogP contribution is -2.28. The zero-order chi connectivity index (χ0) is 18.4. The Labute approximate surface area is 165 Å². The van der Waals surface area contributed by atoms with E-state index in [1.165, 1.54) is 51.4 Å². The molecule has 0 unspecified atom stereocenters. The molecule has 0 radical (unpaired) electrons. The molecule has 0 spiro atoms. The second-order valence-electron chi connectivity index (χ2n) is 7.19. The molecule has 0 N–H and O–H groups in total. The summed E-state index contributed by atoms with van der Waals surface area (Å²) in [7, 11) is 3.47. The standard InChI is InChI=1S/C16H32N3O2PS3/c1-16(2)14-20-22(23,21-15-16)25-24-13-11-9-7-5-3-4-6-8-10-12-18-19-17/h3-15H2,1-2H3. The minimum absolute atomic E-state index is 0.0953. The highest BCUT2D eigenvalue weighted by Crippen LogP contribution is 2.68. The van der Waals surface area contributed by atoms with E-state index in [1.807, 2.05) is 10.8 Å². The van der Waals surface area contributed by atoms with Crippen LogP contribution in [0, 0.1) is 5.41 Å². The summed E-state index contributed by atoms with van der Waals surface area (Å²) in [6, 6.07) is 0. The lowest BCUT2D eigenvalue weighted by molar-refractivity contribution is 0.0673. The first-order valence-corrected chi connectivity index (χ1v) is 14.7. The highest BCUT2D eigenvalue weighted by Gasteiger charge is 2.33. The van der Waals surface area contributed by atoms with Gasteiger partial charge in [-0.2, -0.15) is 0 Å². The average molecular weight is 426 g/mol.